The van der Waals surface area contributed by atoms with Gasteiger partial charge in [-0.1, -0.05) is 53.2 Å². The quantitative estimate of drug-likeness (QED) is 0.459. The zero-order chi connectivity index (χ0) is 19.8. The highest BCUT2D eigenvalue weighted by atomic mass is 35.5. The Labute approximate surface area is 175 Å². The lowest BCUT2D eigenvalue weighted by molar-refractivity contribution is -0.115. The van der Waals surface area contributed by atoms with Gasteiger partial charge < -0.3 is 5.32 Å². The zero-order valence-corrected chi connectivity index (χ0v) is 17.3. The third-order valence-corrected chi connectivity index (χ3v) is 5.81. The van der Waals surface area contributed by atoms with Gasteiger partial charge in [0.25, 0.3) is 0 Å². The van der Waals surface area contributed by atoms with Gasteiger partial charge in [-0.15, -0.1) is 10.2 Å². The number of aryl methyl sites for hydroxylation is 1. The van der Waals surface area contributed by atoms with Crippen LogP contribution in [0.25, 0.3) is 16.6 Å². The minimum Gasteiger partial charge on any atom is -0.308 e. The molecule has 28 heavy (non-hydrogen) atoms. The Kier molecular flexibility index (Phi) is 5.14. The highest BCUT2D eigenvalue weighted by Crippen LogP contribution is 2.29. The molecule has 1 atom stereocenters. The summed E-state index contributed by atoms with van der Waals surface area (Å²) in [4.78, 5) is 16.7. The van der Waals surface area contributed by atoms with Gasteiger partial charge in [-0.2, -0.15) is 0 Å². The number of thioether (sulfide) groups is 1. The van der Waals surface area contributed by atoms with E-state index >= 15 is 0 Å². The largest absolute Gasteiger partial charge is 0.308 e. The molecule has 1 N–H and O–H groups in total. The molecular weight excluding hydrogens is 417 g/mol. The summed E-state index contributed by atoms with van der Waals surface area (Å²) in [5.74, 6) is 0.0329. The number of para-hydroxylation sites is 1. The first-order valence-corrected chi connectivity index (χ1v) is 10.1. The second-order valence-corrected chi connectivity index (χ2v) is 8.41. The molecule has 0 bridgehead atoms. The Hall–Kier alpha value is -2.35. The van der Waals surface area contributed by atoms with Crippen LogP contribution in [0.1, 0.15) is 12.5 Å². The summed E-state index contributed by atoms with van der Waals surface area (Å²) in [6.45, 7) is 3.84. The van der Waals surface area contributed by atoms with Crippen LogP contribution < -0.4 is 5.32 Å². The Morgan fingerprint density at radius 2 is 2.00 bits per heavy atom. The van der Waals surface area contributed by atoms with Crippen molar-refractivity contribution in [1.82, 2.24) is 19.6 Å². The second kappa shape index (κ2) is 7.58. The molecule has 3 heterocycles. The summed E-state index contributed by atoms with van der Waals surface area (Å²) in [5, 5.41) is 13.3. The number of amides is 1. The number of hydrogen-bond acceptors (Lipinski definition) is 5. The first-order chi connectivity index (χ1) is 13.4. The summed E-state index contributed by atoms with van der Waals surface area (Å²) < 4.78 is 1.96. The summed E-state index contributed by atoms with van der Waals surface area (Å²) in [6, 6.07) is 11.6. The third kappa shape index (κ3) is 3.53. The molecule has 1 unspecified atom stereocenters. The van der Waals surface area contributed by atoms with Gasteiger partial charge >= 0.3 is 0 Å². The molecule has 0 radical (unpaired) electrons. The van der Waals surface area contributed by atoms with Crippen molar-refractivity contribution in [3.8, 4) is 0 Å². The molecule has 3 aromatic heterocycles. The van der Waals surface area contributed by atoms with E-state index in [2.05, 4.69) is 26.6 Å². The lowest BCUT2D eigenvalue weighted by Crippen LogP contribution is -2.23. The Morgan fingerprint density at radius 1 is 1.21 bits per heavy atom. The van der Waals surface area contributed by atoms with Crippen molar-refractivity contribution in [3.63, 3.8) is 0 Å². The lowest BCUT2D eigenvalue weighted by atomic mass is 10.1. The maximum absolute atomic E-state index is 12.6. The predicted octanol–water partition coefficient (Wildman–Crippen LogP) is 5.01. The maximum atomic E-state index is 12.6. The van der Waals surface area contributed by atoms with Crippen molar-refractivity contribution in [3.05, 3.63) is 58.2 Å². The highest BCUT2D eigenvalue weighted by molar-refractivity contribution is 8.00. The summed E-state index contributed by atoms with van der Waals surface area (Å²) in [7, 11) is 0. The zero-order valence-electron chi connectivity index (χ0n) is 15.0. The monoisotopic (exact) mass is 431 g/mol. The Morgan fingerprint density at radius 3 is 2.79 bits per heavy atom. The van der Waals surface area contributed by atoms with Crippen LogP contribution >= 0.6 is 35.0 Å². The van der Waals surface area contributed by atoms with Crippen LogP contribution in [0.15, 0.2) is 47.8 Å². The van der Waals surface area contributed by atoms with E-state index in [1.165, 1.54) is 24.0 Å². The van der Waals surface area contributed by atoms with Crippen molar-refractivity contribution < 1.29 is 4.79 Å². The van der Waals surface area contributed by atoms with E-state index in [1.54, 1.807) is 6.92 Å². The molecule has 0 aliphatic heterocycles. The van der Waals surface area contributed by atoms with E-state index in [-0.39, 0.29) is 16.7 Å². The van der Waals surface area contributed by atoms with Crippen LogP contribution in [0, 0.1) is 6.92 Å². The van der Waals surface area contributed by atoms with Crippen LogP contribution in [0.3, 0.4) is 0 Å². The van der Waals surface area contributed by atoms with Crippen molar-refractivity contribution in [2.24, 2.45) is 0 Å². The molecule has 0 saturated carbocycles. The van der Waals surface area contributed by atoms with Gasteiger partial charge in [0.1, 0.15) is 0 Å². The average molecular weight is 432 g/mol. The summed E-state index contributed by atoms with van der Waals surface area (Å²) >= 11 is 13.2. The van der Waals surface area contributed by atoms with Gasteiger partial charge in [-0.3, -0.25) is 9.20 Å². The second-order valence-electron chi connectivity index (χ2n) is 6.25. The van der Waals surface area contributed by atoms with E-state index in [9.17, 15) is 4.79 Å². The highest BCUT2D eigenvalue weighted by Gasteiger charge is 2.20. The number of hydrogen-bond donors (Lipinski definition) is 1. The molecule has 9 heteroatoms. The van der Waals surface area contributed by atoms with Crippen molar-refractivity contribution in [2.75, 3.05) is 5.32 Å². The number of anilines is 1. The first-order valence-electron chi connectivity index (χ1n) is 8.46. The van der Waals surface area contributed by atoms with Gasteiger partial charge in [-0.25, -0.2) is 4.98 Å². The molecule has 0 saturated heterocycles. The molecular formula is C19H15Cl2N5OS. The molecule has 0 fully saturated rings. The van der Waals surface area contributed by atoms with Gasteiger partial charge in [0.05, 0.1) is 20.8 Å². The molecule has 1 aromatic carbocycles. The minimum atomic E-state index is -0.444. The smallest absolute Gasteiger partial charge is 0.238 e. The topological polar surface area (TPSA) is 72.2 Å². The number of benzene rings is 1. The third-order valence-electron chi connectivity index (χ3n) is 4.27. The van der Waals surface area contributed by atoms with Crippen LogP contribution in [-0.2, 0) is 4.79 Å². The number of nitrogens with one attached hydrogen (secondary N) is 1. The standard InChI is InChI=1S/C19H15Cl2N5OS/c1-10-7-16-24-25-19(26(16)15-6-4-3-5-13(10)15)28-11(2)18(27)23-17-14(21)8-12(20)9-22-17/h3-9,11H,1-2H3,(H,22,23,27). The number of rotatable bonds is 4. The number of aromatic nitrogens is 4. The number of fused-ring (bicyclic) bond motifs is 3. The predicted molar refractivity (Wildman–Crippen MR) is 113 cm³/mol. The van der Waals surface area contributed by atoms with E-state index in [0.717, 1.165) is 22.1 Å². The van der Waals surface area contributed by atoms with Gasteiger partial charge in [0.2, 0.25) is 5.91 Å². The number of halogens is 2. The molecule has 4 rings (SSSR count). The Balaban J connectivity index is 1.62. The van der Waals surface area contributed by atoms with E-state index in [4.69, 9.17) is 23.2 Å². The van der Waals surface area contributed by atoms with E-state index in [0.29, 0.717) is 10.2 Å². The molecule has 4 aromatic rings. The van der Waals surface area contributed by atoms with Crippen molar-refractivity contribution >= 4 is 63.2 Å². The normalized spacial score (nSPS) is 12.4. The fourth-order valence-corrected chi connectivity index (χ4v) is 4.18. The van der Waals surface area contributed by atoms with Crippen LogP contribution in [0.4, 0.5) is 5.82 Å². The number of carbonyl (C=O) groups excluding carboxylic acids is 1. The molecule has 0 spiro atoms. The molecule has 1 amide bonds. The molecule has 142 valence electrons. The fraction of sp³-hybridized carbons (Fsp3) is 0.158. The fourth-order valence-electron chi connectivity index (χ4n) is 2.89. The van der Waals surface area contributed by atoms with Gasteiger partial charge in [-0.05, 0) is 37.6 Å². The van der Waals surface area contributed by atoms with Crippen LogP contribution in [-0.4, -0.2) is 30.7 Å². The first kappa shape index (κ1) is 19.0. The minimum absolute atomic E-state index is 0.241. The summed E-state index contributed by atoms with van der Waals surface area (Å²) in [5.41, 5.74) is 2.87. The SMILES string of the molecule is Cc1cc2nnc(SC(C)C(=O)Nc3ncc(Cl)cc3Cl)n2c2ccccc12. The average Bonchev–Trinajstić information content (AvgIpc) is 3.06. The van der Waals surface area contributed by atoms with Gasteiger partial charge in [0, 0.05) is 11.6 Å². The molecule has 6 nitrogen and oxygen atoms in total. The Bertz CT molecular complexity index is 1210. The van der Waals surface area contributed by atoms with Crippen LogP contribution in [0.5, 0.6) is 0 Å². The van der Waals surface area contributed by atoms with E-state index < -0.39 is 5.25 Å². The van der Waals surface area contributed by atoms with E-state index in [1.807, 2.05) is 35.6 Å². The maximum Gasteiger partial charge on any atom is 0.238 e. The molecule has 0 aliphatic rings. The number of carbonyl (C=O) groups is 1. The summed E-state index contributed by atoms with van der Waals surface area (Å²) in [6.07, 6.45) is 1.43. The van der Waals surface area contributed by atoms with Crippen molar-refractivity contribution in [1.29, 1.82) is 0 Å². The molecule has 0 aliphatic carbocycles. The van der Waals surface area contributed by atoms with Crippen LogP contribution in [0.2, 0.25) is 10.0 Å². The number of pyridine rings is 2. The van der Waals surface area contributed by atoms with Crippen molar-refractivity contribution in [2.45, 2.75) is 24.3 Å². The lowest BCUT2D eigenvalue weighted by Gasteiger charge is -2.12. The van der Waals surface area contributed by atoms with Gasteiger partial charge in [0.15, 0.2) is 16.6 Å². The number of nitrogens with zero attached hydrogens (tertiary/aromatic N) is 4.